The van der Waals surface area contributed by atoms with Crippen LogP contribution in [0.5, 0.6) is 17.2 Å². The summed E-state index contributed by atoms with van der Waals surface area (Å²) in [6.45, 7) is 3.93. The van der Waals surface area contributed by atoms with E-state index in [-0.39, 0.29) is 5.56 Å². The third-order valence-corrected chi connectivity index (χ3v) is 6.55. The van der Waals surface area contributed by atoms with Gasteiger partial charge in [-0.05, 0) is 42.8 Å². The quantitative estimate of drug-likeness (QED) is 0.423. The summed E-state index contributed by atoms with van der Waals surface area (Å²) in [6, 6.07) is 11.7. The zero-order chi connectivity index (χ0) is 28.0. The SMILES string of the molecule is COc1ccc(CN2CCCN(c3ccc(NC(=O)c4cccc(C(F)(F)F)c4)cn3)CC2)c(OC)c1OC. The fraction of sp³-hybridized carbons (Fsp3) is 0.357. The van der Waals surface area contributed by atoms with Crippen molar-refractivity contribution < 1.29 is 32.2 Å². The predicted molar refractivity (Wildman–Crippen MR) is 142 cm³/mol. The topological polar surface area (TPSA) is 76.2 Å². The van der Waals surface area contributed by atoms with Gasteiger partial charge >= 0.3 is 6.18 Å². The standard InChI is InChI=1S/C28H31F3N4O4/c1-37-23-10-8-20(25(38-2)26(23)39-3)18-34-12-5-13-35(15-14-34)24-11-9-22(17-32-24)33-27(36)19-6-4-7-21(16-19)28(29,30)31/h4,6-11,16-17H,5,12-15,18H2,1-3H3,(H,33,36). The number of amides is 1. The summed E-state index contributed by atoms with van der Waals surface area (Å²) in [6.07, 6.45) is -2.08. The molecule has 0 radical (unpaired) electrons. The van der Waals surface area contributed by atoms with Gasteiger partial charge in [0.1, 0.15) is 5.82 Å². The van der Waals surface area contributed by atoms with E-state index >= 15 is 0 Å². The molecule has 2 heterocycles. The van der Waals surface area contributed by atoms with E-state index in [0.29, 0.717) is 29.5 Å². The third-order valence-electron chi connectivity index (χ3n) is 6.55. The first kappa shape index (κ1) is 28.0. The Hall–Kier alpha value is -3.99. The molecule has 11 heteroatoms. The first-order valence-electron chi connectivity index (χ1n) is 12.4. The lowest BCUT2D eigenvalue weighted by Gasteiger charge is -2.24. The number of benzene rings is 2. The van der Waals surface area contributed by atoms with Crippen LogP contribution < -0.4 is 24.4 Å². The third kappa shape index (κ3) is 6.72. The number of carbonyl (C=O) groups is 1. The normalized spacial score (nSPS) is 14.5. The number of hydrogen-bond acceptors (Lipinski definition) is 7. The highest BCUT2D eigenvalue weighted by atomic mass is 19.4. The van der Waals surface area contributed by atoms with Crippen molar-refractivity contribution in [3.05, 3.63) is 71.4 Å². The van der Waals surface area contributed by atoms with E-state index in [4.69, 9.17) is 14.2 Å². The van der Waals surface area contributed by atoms with Crippen molar-refractivity contribution in [2.75, 3.05) is 57.7 Å². The van der Waals surface area contributed by atoms with Crippen molar-refractivity contribution in [1.29, 1.82) is 0 Å². The molecule has 1 fully saturated rings. The second-order valence-corrected chi connectivity index (χ2v) is 9.05. The Kier molecular flexibility index (Phi) is 8.80. The number of methoxy groups -OCH3 is 3. The van der Waals surface area contributed by atoms with Gasteiger partial charge in [0.2, 0.25) is 5.75 Å². The minimum absolute atomic E-state index is 0.0763. The van der Waals surface area contributed by atoms with Crippen LogP contribution in [0.4, 0.5) is 24.7 Å². The lowest BCUT2D eigenvalue weighted by molar-refractivity contribution is -0.137. The molecular weight excluding hydrogens is 513 g/mol. The molecule has 4 rings (SSSR count). The number of halogens is 3. The molecular formula is C28H31F3N4O4. The van der Waals surface area contributed by atoms with Crippen molar-refractivity contribution >= 4 is 17.4 Å². The fourth-order valence-electron chi connectivity index (χ4n) is 4.57. The van der Waals surface area contributed by atoms with Gasteiger partial charge in [-0.15, -0.1) is 0 Å². The van der Waals surface area contributed by atoms with Gasteiger partial charge in [-0.25, -0.2) is 4.98 Å². The molecule has 208 valence electrons. The molecule has 8 nitrogen and oxygen atoms in total. The molecule has 2 aromatic carbocycles. The Labute approximate surface area is 225 Å². The summed E-state index contributed by atoms with van der Waals surface area (Å²) in [5.74, 6) is 1.96. The van der Waals surface area contributed by atoms with E-state index in [1.54, 1.807) is 33.5 Å². The van der Waals surface area contributed by atoms with E-state index in [9.17, 15) is 18.0 Å². The van der Waals surface area contributed by atoms with Crippen LogP contribution in [-0.2, 0) is 12.7 Å². The maximum absolute atomic E-state index is 13.0. The lowest BCUT2D eigenvalue weighted by atomic mass is 10.1. The Morgan fingerprint density at radius 3 is 2.41 bits per heavy atom. The van der Waals surface area contributed by atoms with Gasteiger partial charge in [-0.2, -0.15) is 13.2 Å². The summed E-state index contributed by atoms with van der Waals surface area (Å²) in [7, 11) is 4.79. The van der Waals surface area contributed by atoms with Gasteiger partial charge in [0.25, 0.3) is 5.91 Å². The molecule has 0 spiro atoms. The van der Waals surface area contributed by atoms with Crippen LogP contribution in [0.15, 0.2) is 54.7 Å². The molecule has 0 bridgehead atoms. The largest absolute Gasteiger partial charge is 0.493 e. The molecule has 1 aliphatic rings. The molecule has 1 amide bonds. The number of ether oxygens (including phenoxy) is 3. The highest BCUT2D eigenvalue weighted by molar-refractivity contribution is 6.04. The maximum atomic E-state index is 13.0. The number of rotatable bonds is 8. The van der Waals surface area contributed by atoms with Crippen LogP contribution >= 0.6 is 0 Å². The number of anilines is 2. The summed E-state index contributed by atoms with van der Waals surface area (Å²) in [5, 5.41) is 2.62. The molecule has 0 unspecified atom stereocenters. The summed E-state index contributed by atoms with van der Waals surface area (Å²) >= 11 is 0. The van der Waals surface area contributed by atoms with Crippen LogP contribution in [0.1, 0.15) is 27.9 Å². The van der Waals surface area contributed by atoms with Gasteiger partial charge in [0, 0.05) is 43.9 Å². The summed E-state index contributed by atoms with van der Waals surface area (Å²) in [4.78, 5) is 21.5. The number of carbonyl (C=O) groups excluding carboxylic acids is 1. The molecule has 1 aliphatic heterocycles. The van der Waals surface area contributed by atoms with E-state index in [1.807, 2.05) is 12.1 Å². The van der Waals surface area contributed by atoms with Crippen LogP contribution in [0.3, 0.4) is 0 Å². The zero-order valence-corrected chi connectivity index (χ0v) is 22.0. The highest BCUT2D eigenvalue weighted by Gasteiger charge is 2.31. The van der Waals surface area contributed by atoms with Gasteiger partial charge in [0.05, 0.1) is 38.8 Å². The average molecular weight is 545 g/mol. The number of nitrogens with zero attached hydrogens (tertiary/aromatic N) is 3. The minimum atomic E-state index is -4.52. The molecule has 1 aromatic heterocycles. The number of nitrogens with one attached hydrogen (secondary N) is 1. The number of aromatic nitrogens is 1. The summed E-state index contributed by atoms with van der Waals surface area (Å²) in [5.41, 5.74) is 0.455. The Bertz CT molecular complexity index is 1280. The van der Waals surface area contributed by atoms with Crippen molar-refractivity contribution in [2.24, 2.45) is 0 Å². The smallest absolute Gasteiger partial charge is 0.416 e. The molecule has 0 atom stereocenters. The molecule has 39 heavy (non-hydrogen) atoms. The van der Waals surface area contributed by atoms with E-state index in [0.717, 1.165) is 56.1 Å². The number of alkyl halides is 3. The molecule has 0 saturated carbocycles. The van der Waals surface area contributed by atoms with Gasteiger partial charge in [-0.3, -0.25) is 9.69 Å². The second kappa shape index (κ2) is 12.2. The first-order valence-corrected chi connectivity index (χ1v) is 12.4. The van der Waals surface area contributed by atoms with E-state index in [2.05, 4.69) is 20.1 Å². The maximum Gasteiger partial charge on any atom is 0.416 e. The van der Waals surface area contributed by atoms with E-state index < -0.39 is 17.6 Å². The molecule has 1 N–H and O–H groups in total. The Morgan fingerprint density at radius 2 is 1.74 bits per heavy atom. The zero-order valence-electron chi connectivity index (χ0n) is 22.0. The monoisotopic (exact) mass is 544 g/mol. The van der Waals surface area contributed by atoms with Crippen LogP contribution in [-0.4, -0.2) is 63.3 Å². The van der Waals surface area contributed by atoms with Gasteiger partial charge in [0.15, 0.2) is 11.5 Å². The predicted octanol–water partition coefficient (Wildman–Crippen LogP) is 5.09. The van der Waals surface area contributed by atoms with Crippen LogP contribution in [0.2, 0.25) is 0 Å². The number of hydrogen-bond donors (Lipinski definition) is 1. The fourth-order valence-corrected chi connectivity index (χ4v) is 4.57. The van der Waals surface area contributed by atoms with Gasteiger partial charge < -0.3 is 24.4 Å². The highest BCUT2D eigenvalue weighted by Crippen LogP contribution is 2.40. The van der Waals surface area contributed by atoms with Crippen LogP contribution in [0, 0.1) is 0 Å². The minimum Gasteiger partial charge on any atom is -0.493 e. The van der Waals surface area contributed by atoms with Crippen molar-refractivity contribution in [3.63, 3.8) is 0 Å². The molecule has 0 aliphatic carbocycles. The van der Waals surface area contributed by atoms with Gasteiger partial charge in [-0.1, -0.05) is 12.1 Å². The second-order valence-electron chi connectivity index (χ2n) is 9.05. The number of pyridine rings is 1. The Morgan fingerprint density at radius 1 is 0.949 bits per heavy atom. The lowest BCUT2D eigenvalue weighted by Crippen LogP contribution is -2.31. The Balaban J connectivity index is 1.37. The van der Waals surface area contributed by atoms with E-state index in [1.165, 1.54) is 18.3 Å². The molecule has 3 aromatic rings. The average Bonchev–Trinajstić information content (AvgIpc) is 3.18. The van der Waals surface area contributed by atoms with Crippen molar-refractivity contribution in [2.45, 2.75) is 19.1 Å². The summed E-state index contributed by atoms with van der Waals surface area (Å²) < 4.78 is 55.4. The van der Waals surface area contributed by atoms with Crippen LogP contribution in [0.25, 0.3) is 0 Å². The molecule has 1 saturated heterocycles. The van der Waals surface area contributed by atoms with Crippen molar-refractivity contribution in [1.82, 2.24) is 9.88 Å². The first-order chi connectivity index (χ1) is 18.7. The van der Waals surface area contributed by atoms with Crippen molar-refractivity contribution in [3.8, 4) is 17.2 Å².